The van der Waals surface area contributed by atoms with E-state index in [1.165, 1.54) is 25.3 Å². The molecule has 34 heavy (non-hydrogen) atoms. The number of nitrogens with one attached hydrogen (secondary N) is 2. The summed E-state index contributed by atoms with van der Waals surface area (Å²) in [6.45, 7) is 0. The van der Waals surface area contributed by atoms with E-state index in [0.717, 1.165) is 22.8 Å². The summed E-state index contributed by atoms with van der Waals surface area (Å²) in [4.78, 5) is 25.1. The Labute approximate surface area is 197 Å². The predicted octanol–water partition coefficient (Wildman–Crippen LogP) is 5.93. The first kappa shape index (κ1) is 22.7. The highest BCUT2D eigenvalue weighted by Crippen LogP contribution is 2.28. The van der Waals surface area contributed by atoms with E-state index < -0.39 is 11.7 Å². The average molecular weight is 455 g/mol. The fourth-order valence-corrected chi connectivity index (χ4v) is 3.54. The maximum absolute atomic E-state index is 13.5. The van der Waals surface area contributed by atoms with Gasteiger partial charge in [-0.15, -0.1) is 0 Å². The highest BCUT2D eigenvalue weighted by atomic mass is 19.1. The number of carbonyl (C=O) groups excluding carboxylic acids is 2. The molecule has 4 rings (SSSR count). The molecular weight excluding hydrogens is 431 g/mol. The third-order valence-corrected chi connectivity index (χ3v) is 5.24. The van der Waals surface area contributed by atoms with Crippen molar-refractivity contribution in [3.05, 3.63) is 114 Å². The van der Waals surface area contributed by atoms with Crippen molar-refractivity contribution in [2.24, 2.45) is 0 Å². The Kier molecular flexibility index (Phi) is 6.98. The van der Waals surface area contributed by atoms with Crippen molar-refractivity contribution in [1.29, 1.82) is 0 Å². The van der Waals surface area contributed by atoms with Gasteiger partial charge in [0.2, 0.25) is 5.91 Å². The molecule has 4 aromatic rings. The van der Waals surface area contributed by atoms with Gasteiger partial charge < -0.3 is 15.4 Å². The Morgan fingerprint density at radius 3 is 2.24 bits per heavy atom. The lowest BCUT2D eigenvalue weighted by Gasteiger charge is -2.13. The molecular formula is C28H23FN2O3. The molecule has 170 valence electrons. The molecule has 2 N–H and O–H groups in total. The molecule has 0 radical (unpaired) electrons. The first-order valence-corrected chi connectivity index (χ1v) is 10.7. The maximum Gasteiger partial charge on any atom is 0.255 e. The van der Waals surface area contributed by atoms with Crippen molar-refractivity contribution >= 4 is 23.2 Å². The standard InChI is InChI=1S/C28H23FN2O3/c1-34-26-15-14-24(18-25(26)31-28(33)22-8-5-9-23(29)17-22)30-27(32)16-19-10-12-21(13-11-19)20-6-3-2-4-7-20/h2-15,17-18H,16H2,1H3,(H,30,32)(H,31,33). The van der Waals surface area contributed by atoms with Crippen LogP contribution in [0, 0.1) is 5.82 Å². The number of amides is 2. The van der Waals surface area contributed by atoms with Gasteiger partial charge in [-0.25, -0.2) is 4.39 Å². The number of anilines is 2. The van der Waals surface area contributed by atoms with Gasteiger partial charge in [0.05, 0.1) is 19.2 Å². The second-order valence-electron chi connectivity index (χ2n) is 7.67. The van der Waals surface area contributed by atoms with Gasteiger partial charge in [-0.2, -0.15) is 0 Å². The zero-order chi connectivity index (χ0) is 23.9. The van der Waals surface area contributed by atoms with Crippen molar-refractivity contribution in [3.8, 4) is 16.9 Å². The quantitative estimate of drug-likeness (QED) is 0.363. The third kappa shape index (κ3) is 5.66. The van der Waals surface area contributed by atoms with Crippen molar-refractivity contribution < 1.29 is 18.7 Å². The monoisotopic (exact) mass is 454 g/mol. The maximum atomic E-state index is 13.5. The summed E-state index contributed by atoms with van der Waals surface area (Å²) in [5.41, 5.74) is 4.12. The van der Waals surface area contributed by atoms with Crippen LogP contribution in [0.5, 0.6) is 5.75 Å². The zero-order valence-corrected chi connectivity index (χ0v) is 18.5. The number of hydrogen-bond acceptors (Lipinski definition) is 3. The highest BCUT2D eigenvalue weighted by molar-refractivity contribution is 6.05. The second kappa shape index (κ2) is 10.4. The number of ether oxygens (including phenoxy) is 1. The second-order valence-corrected chi connectivity index (χ2v) is 7.67. The molecule has 0 unspecified atom stereocenters. The van der Waals surface area contributed by atoms with Gasteiger partial charge in [0.15, 0.2) is 0 Å². The van der Waals surface area contributed by atoms with Gasteiger partial charge in [-0.3, -0.25) is 9.59 Å². The van der Waals surface area contributed by atoms with E-state index in [-0.39, 0.29) is 17.9 Å². The number of rotatable bonds is 7. The predicted molar refractivity (Wildman–Crippen MR) is 132 cm³/mol. The van der Waals surface area contributed by atoms with Gasteiger partial charge in [0.1, 0.15) is 11.6 Å². The number of benzene rings is 4. The van der Waals surface area contributed by atoms with Gasteiger partial charge in [-0.1, -0.05) is 60.7 Å². The Bertz CT molecular complexity index is 1310. The van der Waals surface area contributed by atoms with Gasteiger partial charge in [0, 0.05) is 11.3 Å². The molecule has 6 heteroatoms. The van der Waals surface area contributed by atoms with E-state index in [9.17, 15) is 14.0 Å². The molecule has 5 nitrogen and oxygen atoms in total. The van der Waals surface area contributed by atoms with Crippen molar-refractivity contribution in [2.45, 2.75) is 6.42 Å². The van der Waals surface area contributed by atoms with Gasteiger partial charge in [-0.05, 0) is 53.1 Å². The minimum Gasteiger partial charge on any atom is -0.495 e. The van der Waals surface area contributed by atoms with Crippen molar-refractivity contribution in [1.82, 2.24) is 0 Å². The van der Waals surface area contributed by atoms with Gasteiger partial charge in [0.25, 0.3) is 5.91 Å². The van der Waals surface area contributed by atoms with Crippen LogP contribution in [0.3, 0.4) is 0 Å². The first-order valence-electron chi connectivity index (χ1n) is 10.7. The van der Waals surface area contributed by atoms with Crippen LogP contribution in [-0.4, -0.2) is 18.9 Å². The largest absolute Gasteiger partial charge is 0.495 e. The number of methoxy groups -OCH3 is 1. The lowest BCUT2D eigenvalue weighted by atomic mass is 10.0. The van der Waals surface area contributed by atoms with E-state index in [2.05, 4.69) is 10.6 Å². The van der Waals surface area contributed by atoms with Crippen LogP contribution in [0.1, 0.15) is 15.9 Å². The zero-order valence-electron chi connectivity index (χ0n) is 18.5. The van der Waals surface area contributed by atoms with E-state index in [1.54, 1.807) is 18.2 Å². The molecule has 0 saturated heterocycles. The SMILES string of the molecule is COc1ccc(NC(=O)Cc2ccc(-c3ccccc3)cc2)cc1NC(=O)c1cccc(F)c1. The number of halogens is 1. The Balaban J connectivity index is 1.43. The molecule has 0 aliphatic carbocycles. The summed E-state index contributed by atoms with van der Waals surface area (Å²) >= 11 is 0. The summed E-state index contributed by atoms with van der Waals surface area (Å²) in [7, 11) is 1.48. The van der Waals surface area contributed by atoms with Crippen LogP contribution in [0.4, 0.5) is 15.8 Å². The fraction of sp³-hybridized carbons (Fsp3) is 0.0714. The summed E-state index contributed by atoms with van der Waals surface area (Å²) in [6, 6.07) is 28.2. The summed E-state index contributed by atoms with van der Waals surface area (Å²) in [6.07, 6.45) is 0.200. The summed E-state index contributed by atoms with van der Waals surface area (Å²) in [5, 5.41) is 5.55. The lowest BCUT2D eigenvalue weighted by Crippen LogP contribution is -2.16. The molecule has 0 aromatic heterocycles. The number of carbonyl (C=O) groups is 2. The van der Waals surface area contributed by atoms with Gasteiger partial charge >= 0.3 is 0 Å². The minimum atomic E-state index is -0.502. The smallest absolute Gasteiger partial charge is 0.255 e. The fourth-order valence-electron chi connectivity index (χ4n) is 3.54. The van der Waals surface area contributed by atoms with E-state index in [4.69, 9.17) is 4.74 Å². The normalized spacial score (nSPS) is 10.4. The molecule has 2 amide bonds. The molecule has 0 aliphatic heterocycles. The molecule has 4 aromatic carbocycles. The summed E-state index contributed by atoms with van der Waals surface area (Å²) in [5.74, 6) is -0.767. The Morgan fingerprint density at radius 2 is 1.53 bits per heavy atom. The molecule has 0 heterocycles. The third-order valence-electron chi connectivity index (χ3n) is 5.24. The van der Waals surface area contributed by atoms with Crippen LogP contribution in [-0.2, 0) is 11.2 Å². The lowest BCUT2D eigenvalue weighted by molar-refractivity contribution is -0.115. The molecule has 0 bridgehead atoms. The molecule has 0 saturated carbocycles. The van der Waals surface area contributed by atoms with E-state index in [1.807, 2.05) is 54.6 Å². The van der Waals surface area contributed by atoms with Crippen LogP contribution >= 0.6 is 0 Å². The van der Waals surface area contributed by atoms with E-state index in [0.29, 0.717) is 17.1 Å². The van der Waals surface area contributed by atoms with Crippen molar-refractivity contribution in [2.75, 3.05) is 17.7 Å². The van der Waals surface area contributed by atoms with Crippen LogP contribution in [0.25, 0.3) is 11.1 Å². The molecule has 0 aliphatic rings. The topological polar surface area (TPSA) is 67.4 Å². The van der Waals surface area contributed by atoms with Crippen LogP contribution in [0.2, 0.25) is 0 Å². The highest BCUT2D eigenvalue weighted by Gasteiger charge is 2.13. The molecule has 0 fully saturated rings. The molecule has 0 atom stereocenters. The average Bonchev–Trinajstić information content (AvgIpc) is 2.85. The minimum absolute atomic E-state index is 0.176. The summed E-state index contributed by atoms with van der Waals surface area (Å²) < 4.78 is 18.8. The van der Waals surface area contributed by atoms with Crippen LogP contribution in [0.15, 0.2) is 97.1 Å². The van der Waals surface area contributed by atoms with Crippen molar-refractivity contribution in [3.63, 3.8) is 0 Å². The van der Waals surface area contributed by atoms with E-state index >= 15 is 0 Å². The molecule has 0 spiro atoms. The number of hydrogen-bond donors (Lipinski definition) is 2. The first-order chi connectivity index (χ1) is 16.5. The Morgan fingerprint density at radius 1 is 0.794 bits per heavy atom. The Hall–Kier alpha value is -4.45. The van der Waals surface area contributed by atoms with Crippen LogP contribution < -0.4 is 15.4 Å².